The summed E-state index contributed by atoms with van der Waals surface area (Å²) in [5, 5.41) is 8.70. The quantitative estimate of drug-likeness (QED) is 0.195. The zero-order chi connectivity index (χ0) is 35.3. The first-order chi connectivity index (χ1) is 26.0. The minimum Gasteiger partial charge on any atom is -0.324 e. The number of rotatable bonds is 4. The van der Waals surface area contributed by atoms with Crippen LogP contribution in [0.3, 0.4) is 0 Å². The van der Waals surface area contributed by atoms with E-state index in [-0.39, 0.29) is 5.41 Å². The summed E-state index contributed by atoms with van der Waals surface area (Å²) in [6.45, 7) is 4.72. The Morgan fingerprint density at radius 2 is 1.19 bits per heavy atom. The molecule has 1 unspecified atom stereocenters. The van der Waals surface area contributed by atoms with Crippen LogP contribution in [0, 0.1) is 0 Å². The molecular weight excluding hydrogens is 665 g/mol. The van der Waals surface area contributed by atoms with E-state index < -0.39 is 6.29 Å². The molecule has 4 nitrogen and oxygen atoms in total. The average molecular weight is 699 g/mol. The van der Waals surface area contributed by atoms with E-state index in [1.165, 1.54) is 69.8 Å². The van der Waals surface area contributed by atoms with Crippen LogP contribution in [-0.2, 0) is 5.41 Å². The van der Waals surface area contributed by atoms with Crippen LogP contribution in [0.1, 0.15) is 42.4 Å². The van der Waals surface area contributed by atoms with E-state index in [9.17, 15) is 0 Å². The number of thiophene rings is 1. The minimum absolute atomic E-state index is 0.209. The van der Waals surface area contributed by atoms with Crippen molar-refractivity contribution in [3.63, 3.8) is 0 Å². The van der Waals surface area contributed by atoms with Gasteiger partial charge in [-0.3, -0.25) is 4.57 Å². The molecule has 3 heterocycles. The van der Waals surface area contributed by atoms with Gasteiger partial charge in [0.05, 0.1) is 11.0 Å². The van der Waals surface area contributed by atoms with Gasteiger partial charge in [0.25, 0.3) is 0 Å². The van der Waals surface area contributed by atoms with Gasteiger partial charge in [-0.25, -0.2) is 9.98 Å². The van der Waals surface area contributed by atoms with Crippen LogP contribution in [0.5, 0.6) is 0 Å². The summed E-state index contributed by atoms with van der Waals surface area (Å²) >= 11 is 1.82. The van der Waals surface area contributed by atoms with Crippen LogP contribution < -0.4 is 5.32 Å². The van der Waals surface area contributed by atoms with Crippen molar-refractivity contribution in [1.82, 2.24) is 9.88 Å². The first kappa shape index (κ1) is 30.3. The van der Waals surface area contributed by atoms with Gasteiger partial charge in [0.2, 0.25) is 6.29 Å². The lowest BCUT2D eigenvalue weighted by Gasteiger charge is -2.27. The maximum absolute atomic E-state index is 5.57. The van der Waals surface area contributed by atoms with Crippen LogP contribution in [0.25, 0.3) is 64.2 Å². The van der Waals surface area contributed by atoms with Gasteiger partial charge < -0.3 is 5.32 Å². The number of nitrogens with one attached hydrogen (secondary N) is 1. The number of fused-ring (bicyclic) bond motifs is 10. The van der Waals surface area contributed by atoms with Gasteiger partial charge in [-0.15, -0.1) is 11.3 Å². The first-order valence-corrected chi connectivity index (χ1v) is 19.0. The highest BCUT2D eigenvalue weighted by atomic mass is 32.1. The third-order valence-corrected chi connectivity index (χ3v) is 12.5. The molecule has 7 aromatic carbocycles. The Labute approximate surface area is 311 Å². The van der Waals surface area contributed by atoms with Crippen molar-refractivity contribution in [3.05, 3.63) is 180 Å². The van der Waals surface area contributed by atoms with E-state index in [1.54, 1.807) is 0 Å². The molecule has 1 N–H and O–H groups in total. The molecule has 2 aromatic heterocycles. The minimum atomic E-state index is -0.548. The molecule has 1 aliphatic carbocycles. The monoisotopic (exact) mass is 698 g/mol. The fraction of sp³-hybridized carbons (Fsp3) is 0.0833. The Hall–Kier alpha value is -6.30. The van der Waals surface area contributed by atoms with Crippen molar-refractivity contribution >= 4 is 65.0 Å². The number of amidine groups is 2. The smallest absolute Gasteiger partial charge is 0.224 e. The molecule has 5 heteroatoms. The maximum atomic E-state index is 5.57. The Morgan fingerprint density at radius 3 is 2.06 bits per heavy atom. The summed E-state index contributed by atoms with van der Waals surface area (Å²) in [6, 6.07) is 56.8. The van der Waals surface area contributed by atoms with Crippen molar-refractivity contribution in [1.29, 1.82) is 0 Å². The fourth-order valence-electron chi connectivity index (χ4n) is 8.81. The number of hydrogen-bond acceptors (Lipinski definition) is 4. The lowest BCUT2D eigenvalue weighted by Crippen LogP contribution is -2.37. The molecule has 53 heavy (non-hydrogen) atoms. The molecule has 252 valence electrons. The second-order valence-corrected chi connectivity index (χ2v) is 15.6. The predicted molar refractivity (Wildman–Crippen MR) is 223 cm³/mol. The van der Waals surface area contributed by atoms with Gasteiger partial charge in [0, 0.05) is 47.5 Å². The molecule has 1 aliphatic heterocycles. The standard InChI is InChI=1S/C48H34N4S/c1-48(2)39-20-9-6-15-32(39)35-27-28-36-33-16-7-10-21-40(33)52(43(36)42(35)48)47-50-45(31-25-23-30(24-26-31)29-13-4-3-5-14-29)49-46(51-47)38-19-12-18-37-34-17-8-11-22-41(34)53-44(37)38/h3-28,47H,1-2H3,(H,49,50,51). The number of hydrogen-bond donors (Lipinski definition) is 1. The summed E-state index contributed by atoms with van der Waals surface area (Å²) < 4.78 is 4.90. The van der Waals surface area contributed by atoms with Gasteiger partial charge in [-0.05, 0) is 51.6 Å². The number of nitrogens with zero attached hydrogens (tertiary/aromatic N) is 3. The van der Waals surface area contributed by atoms with Crippen molar-refractivity contribution in [3.8, 4) is 22.3 Å². The van der Waals surface area contributed by atoms with Crippen molar-refractivity contribution < 1.29 is 0 Å². The highest BCUT2D eigenvalue weighted by molar-refractivity contribution is 7.26. The molecule has 9 aromatic rings. The van der Waals surface area contributed by atoms with Gasteiger partial charge in [0.15, 0.2) is 0 Å². The van der Waals surface area contributed by atoms with E-state index in [0.717, 1.165) is 28.3 Å². The van der Waals surface area contributed by atoms with E-state index in [1.807, 2.05) is 11.3 Å². The Balaban J connectivity index is 1.17. The highest BCUT2D eigenvalue weighted by Crippen LogP contribution is 2.53. The Morgan fingerprint density at radius 1 is 0.528 bits per heavy atom. The highest BCUT2D eigenvalue weighted by Gasteiger charge is 2.39. The molecule has 0 saturated heterocycles. The largest absolute Gasteiger partial charge is 0.324 e. The van der Waals surface area contributed by atoms with Gasteiger partial charge in [0.1, 0.15) is 11.7 Å². The van der Waals surface area contributed by atoms with Crippen LogP contribution in [-0.4, -0.2) is 16.2 Å². The molecule has 0 fully saturated rings. The van der Waals surface area contributed by atoms with Crippen LogP contribution in [0.2, 0.25) is 0 Å². The first-order valence-electron chi connectivity index (χ1n) is 18.2. The van der Waals surface area contributed by atoms with E-state index in [2.05, 4.69) is 181 Å². The SMILES string of the molecule is CC1(C)c2ccccc2-c2ccc3c4ccccc4n(C4N=C(c5ccc(-c6ccccc6)cc5)NC(c5cccc6c5sc5ccccc56)=N4)c3c21. The zero-order valence-electron chi connectivity index (χ0n) is 29.3. The van der Waals surface area contributed by atoms with Gasteiger partial charge in [-0.2, -0.15) is 0 Å². The summed E-state index contributed by atoms with van der Waals surface area (Å²) in [4.78, 5) is 11.1. The fourth-order valence-corrected chi connectivity index (χ4v) is 10.0. The van der Waals surface area contributed by atoms with Crippen LogP contribution in [0.15, 0.2) is 168 Å². The summed E-state index contributed by atoms with van der Waals surface area (Å²) in [5.41, 5.74) is 11.9. The molecule has 0 amide bonds. The molecule has 0 bridgehead atoms. The number of para-hydroxylation sites is 1. The second kappa shape index (κ2) is 11.3. The molecule has 0 radical (unpaired) electrons. The van der Waals surface area contributed by atoms with E-state index in [4.69, 9.17) is 9.98 Å². The molecule has 0 spiro atoms. The van der Waals surface area contributed by atoms with Gasteiger partial charge in [-0.1, -0.05) is 153 Å². The number of benzene rings is 7. The van der Waals surface area contributed by atoms with Gasteiger partial charge >= 0.3 is 0 Å². The molecular formula is C48H34N4S. The van der Waals surface area contributed by atoms with E-state index >= 15 is 0 Å². The second-order valence-electron chi connectivity index (χ2n) is 14.6. The number of aromatic nitrogens is 1. The summed E-state index contributed by atoms with van der Waals surface area (Å²) in [7, 11) is 0. The third-order valence-electron chi connectivity index (χ3n) is 11.3. The lowest BCUT2D eigenvalue weighted by atomic mass is 9.81. The van der Waals surface area contributed by atoms with E-state index in [0.29, 0.717) is 0 Å². The number of aliphatic imine (C=N–C) groups is 2. The van der Waals surface area contributed by atoms with Crippen molar-refractivity contribution in [2.24, 2.45) is 9.98 Å². The Bertz CT molecular complexity index is 3000. The Kier molecular flexibility index (Phi) is 6.50. The maximum Gasteiger partial charge on any atom is 0.224 e. The summed E-state index contributed by atoms with van der Waals surface area (Å²) in [6.07, 6.45) is -0.548. The van der Waals surface area contributed by atoms with Crippen LogP contribution >= 0.6 is 11.3 Å². The molecule has 1 atom stereocenters. The van der Waals surface area contributed by atoms with Crippen molar-refractivity contribution in [2.75, 3.05) is 0 Å². The van der Waals surface area contributed by atoms with Crippen LogP contribution in [0.4, 0.5) is 0 Å². The molecule has 2 aliphatic rings. The summed E-state index contributed by atoms with van der Waals surface area (Å²) in [5.74, 6) is 1.63. The topological polar surface area (TPSA) is 41.7 Å². The third kappa shape index (κ3) is 4.47. The normalized spacial score (nSPS) is 16.1. The molecule has 11 rings (SSSR count). The predicted octanol–water partition coefficient (Wildman–Crippen LogP) is 12.1. The zero-order valence-corrected chi connectivity index (χ0v) is 30.2. The van der Waals surface area contributed by atoms with Crippen molar-refractivity contribution in [2.45, 2.75) is 25.6 Å². The average Bonchev–Trinajstić information content (AvgIpc) is 3.84. The lowest BCUT2D eigenvalue weighted by molar-refractivity contribution is 0.569. The molecule has 0 saturated carbocycles.